The summed E-state index contributed by atoms with van der Waals surface area (Å²) in [6, 6.07) is 8.82. The molecule has 0 aromatic heterocycles. The summed E-state index contributed by atoms with van der Waals surface area (Å²) < 4.78 is 0. The van der Waals surface area contributed by atoms with Crippen LogP contribution in [0.25, 0.3) is 0 Å². The number of hydrogen-bond acceptors (Lipinski definition) is 3. The van der Waals surface area contributed by atoms with Gasteiger partial charge in [-0.15, -0.1) is 24.2 Å². The summed E-state index contributed by atoms with van der Waals surface area (Å²) in [4.78, 5) is 15.9. The van der Waals surface area contributed by atoms with Crippen LogP contribution in [0.15, 0.2) is 29.2 Å². The molecule has 6 heteroatoms. The molecule has 2 atom stereocenters. The van der Waals surface area contributed by atoms with E-state index < -0.39 is 0 Å². The first kappa shape index (κ1) is 18.9. The van der Waals surface area contributed by atoms with Gasteiger partial charge in [0.15, 0.2) is 0 Å². The largest absolute Gasteiger partial charge is 0.335 e. The van der Waals surface area contributed by atoms with Crippen LogP contribution in [0.2, 0.25) is 5.02 Å². The van der Waals surface area contributed by atoms with Crippen LogP contribution in [0.4, 0.5) is 0 Å². The fourth-order valence-corrected chi connectivity index (χ4v) is 4.44. The summed E-state index contributed by atoms with van der Waals surface area (Å²) in [5.74, 6) is 1.34. The maximum atomic E-state index is 12.5. The summed E-state index contributed by atoms with van der Waals surface area (Å²) in [6.07, 6.45) is 5.09. The van der Waals surface area contributed by atoms with Gasteiger partial charge in [0.05, 0.1) is 0 Å². The van der Waals surface area contributed by atoms with E-state index in [1.807, 2.05) is 24.3 Å². The smallest absolute Gasteiger partial charge is 0.223 e. The van der Waals surface area contributed by atoms with Gasteiger partial charge in [0.1, 0.15) is 0 Å². The van der Waals surface area contributed by atoms with Gasteiger partial charge >= 0.3 is 0 Å². The highest BCUT2D eigenvalue weighted by molar-refractivity contribution is 7.99. The maximum Gasteiger partial charge on any atom is 0.223 e. The topological polar surface area (TPSA) is 32.3 Å². The Labute approximate surface area is 153 Å². The van der Waals surface area contributed by atoms with Crippen LogP contribution in [0.5, 0.6) is 0 Å². The van der Waals surface area contributed by atoms with Crippen molar-refractivity contribution in [1.29, 1.82) is 0 Å². The molecule has 2 unspecified atom stereocenters. The summed E-state index contributed by atoms with van der Waals surface area (Å²) in [5.41, 5.74) is 0. The van der Waals surface area contributed by atoms with E-state index >= 15 is 0 Å². The molecular weight excluding hydrogens is 351 g/mol. The predicted molar refractivity (Wildman–Crippen MR) is 99.8 cm³/mol. The molecule has 2 aliphatic heterocycles. The zero-order chi connectivity index (χ0) is 15.4. The van der Waals surface area contributed by atoms with Crippen molar-refractivity contribution in [2.45, 2.75) is 49.1 Å². The molecule has 0 saturated carbocycles. The molecule has 1 amide bonds. The molecule has 1 aromatic carbocycles. The number of amides is 1. The summed E-state index contributed by atoms with van der Waals surface area (Å²) in [5, 5.41) is 4.22. The van der Waals surface area contributed by atoms with E-state index in [0.717, 1.165) is 36.7 Å². The van der Waals surface area contributed by atoms with E-state index in [-0.39, 0.29) is 12.4 Å². The lowest BCUT2D eigenvalue weighted by molar-refractivity contribution is -0.133. The quantitative estimate of drug-likeness (QED) is 0.624. The lowest BCUT2D eigenvalue weighted by Gasteiger charge is -2.28. The molecule has 23 heavy (non-hydrogen) atoms. The molecule has 2 bridgehead atoms. The van der Waals surface area contributed by atoms with Crippen molar-refractivity contribution < 1.29 is 4.79 Å². The number of nitrogens with one attached hydrogen (secondary N) is 1. The molecule has 1 N–H and O–H groups in total. The normalized spacial score (nSPS) is 23.3. The minimum atomic E-state index is 0. The number of carbonyl (C=O) groups is 1. The number of hydrogen-bond donors (Lipinski definition) is 1. The molecule has 3 nitrogen and oxygen atoms in total. The zero-order valence-corrected chi connectivity index (χ0v) is 15.6. The molecule has 2 saturated heterocycles. The number of carbonyl (C=O) groups excluding carboxylic acids is 1. The van der Waals surface area contributed by atoms with Crippen molar-refractivity contribution in [3.05, 3.63) is 29.3 Å². The van der Waals surface area contributed by atoms with E-state index in [0.29, 0.717) is 24.4 Å². The van der Waals surface area contributed by atoms with E-state index in [2.05, 4.69) is 10.2 Å². The monoisotopic (exact) mass is 374 g/mol. The lowest BCUT2D eigenvalue weighted by atomic mass is 10.1. The first-order valence-electron chi connectivity index (χ1n) is 8.14. The van der Waals surface area contributed by atoms with Crippen LogP contribution in [0, 0.1) is 0 Å². The number of thioether (sulfide) groups is 1. The fourth-order valence-electron chi connectivity index (χ4n) is 3.46. The Hall–Kier alpha value is -0.420. The molecule has 0 spiro atoms. The van der Waals surface area contributed by atoms with Crippen LogP contribution in [0.3, 0.4) is 0 Å². The van der Waals surface area contributed by atoms with E-state index in [9.17, 15) is 4.79 Å². The van der Waals surface area contributed by atoms with Crippen molar-refractivity contribution in [1.82, 2.24) is 10.2 Å². The number of halogens is 2. The minimum absolute atomic E-state index is 0. The minimum Gasteiger partial charge on any atom is -0.335 e. The first-order valence-corrected chi connectivity index (χ1v) is 9.50. The average molecular weight is 375 g/mol. The highest BCUT2D eigenvalue weighted by Crippen LogP contribution is 2.29. The average Bonchev–Trinajstić information content (AvgIpc) is 2.78. The van der Waals surface area contributed by atoms with Crippen LogP contribution in [0.1, 0.15) is 32.1 Å². The molecule has 2 aliphatic rings. The third-order valence-electron chi connectivity index (χ3n) is 4.56. The molecule has 3 rings (SSSR count). The highest BCUT2D eigenvalue weighted by atomic mass is 35.5. The Morgan fingerprint density at radius 2 is 1.96 bits per heavy atom. The maximum absolute atomic E-state index is 12.5. The van der Waals surface area contributed by atoms with Crippen LogP contribution >= 0.6 is 35.8 Å². The Morgan fingerprint density at radius 1 is 1.22 bits per heavy atom. The molecule has 1 aromatic rings. The van der Waals surface area contributed by atoms with Crippen LogP contribution < -0.4 is 5.32 Å². The number of benzene rings is 1. The Bertz CT molecular complexity index is 498. The number of rotatable bonds is 5. The third-order valence-corrected chi connectivity index (χ3v) is 5.91. The van der Waals surface area contributed by atoms with Gasteiger partial charge in [0, 0.05) is 35.0 Å². The Morgan fingerprint density at radius 3 is 2.74 bits per heavy atom. The predicted octanol–water partition coefficient (Wildman–Crippen LogP) is 3.99. The summed E-state index contributed by atoms with van der Waals surface area (Å²) in [6.45, 7) is 2.03. The van der Waals surface area contributed by atoms with Gasteiger partial charge in [0.2, 0.25) is 5.91 Å². The highest BCUT2D eigenvalue weighted by Gasteiger charge is 2.37. The number of fused-ring (bicyclic) bond motifs is 2. The van der Waals surface area contributed by atoms with E-state index in [1.165, 1.54) is 17.7 Å². The standard InChI is InChI=1S/C17H23ClN2OS.ClH/c18-13-3-7-16(8-4-13)22-11-1-2-17(21)20-14-5-6-15(20)12-19-10-9-14;/h3-4,7-8,14-15,19H,1-2,5-6,9-12H2;1H. The molecule has 2 fully saturated rings. The van der Waals surface area contributed by atoms with Crippen molar-refractivity contribution in [3.63, 3.8) is 0 Å². The van der Waals surface area contributed by atoms with Crippen molar-refractivity contribution in [3.8, 4) is 0 Å². The van der Waals surface area contributed by atoms with Gasteiger partial charge in [-0.05, 0) is 62.2 Å². The summed E-state index contributed by atoms with van der Waals surface area (Å²) in [7, 11) is 0. The van der Waals surface area contributed by atoms with Gasteiger partial charge in [0.25, 0.3) is 0 Å². The van der Waals surface area contributed by atoms with Crippen molar-refractivity contribution in [2.75, 3.05) is 18.8 Å². The molecule has 0 radical (unpaired) electrons. The fraction of sp³-hybridized carbons (Fsp3) is 0.588. The third kappa shape index (κ3) is 5.02. The Balaban J connectivity index is 0.00000192. The Kier molecular flexibility index (Phi) is 7.54. The lowest BCUT2D eigenvalue weighted by Crippen LogP contribution is -2.42. The number of nitrogens with zero attached hydrogens (tertiary/aromatic N) is 1. The molecule has 2 heterocycles. The van der Waals surface area contributed by atoms with Gasteiger partial charge < -0.3 is 10.2 Å². The van der Waals surface area contributed by atoms with E-state index in [1.54, 1.807) is 11.8 Å². The molecule has 0 aliphatic carbocycles. The van der Waals surface area contributed by atoms with E-state index in [4.69, 9.17) is 11.6 Å². The molecular formula is C17H24Cl2N2OS. The first-order chi connectivity index (χ1) is 10.7. The van der Waals surface area contributed by atoms with Gasteiger partial charge in [-0.1, -0.05) is 11.6 Å². The van der Waals surface area contributed by atoms with Crippen molar-refractivity contribution in [2.24, 2.45) is 0 Å². The second-order valence-electron chi connectivity index (χ2n) is 6.08. The second kappa shape index (κ2) is 9.16. The van der Waals surface area contributed by atoms with Gasteiger partial charge in [-0.3, -0.25) is 4.79 Å². The second-order valence-corrected chi connectivity index (χ2v) is 7.69. The summed E-state index contributed by atoms with van der Waals surface area (Å²) >= 11 is 7.68. The van der Waals surface area contributed by atoms with Crippen molar-refractivity contribution >= 4 is 41.7 Å². The van der Waals surface area contributed by atoms with Crippen LogP contribution in [-0.2, 0) is 4.79 Å². The van der Waals surface area contributed by atoms with Gasteiger partial charge in [-0.25, -0.2) is 0 Å². The van der Waals surface area contributed by atoms with Crippen LogP contribution in [-0.4, -0.2) is 41.7 Å². The zero-order valence-electron chi connectivity index (χ0n) is 13.2. The SMILES string of the molecule is Cl.O=C(CCCSc1ccc(Cl)cc1)N1C2CCNCC1CC2. The molecule has 128 valence electrons. The van der Waals surface area contributed by atoms with Gasteiger partial charge in [-0.2, -0.15) is 0 Å².